The van der Waals surface area contributed by atoms with Gasteiger partial charge in [0.25, 0.3) is 0 Å². The second-order valence-corrected chi connectivity index (χ2v) is 4.44. The van der Waals surface area contributed by atoms with E-state index < -0.39 is 0 Å². The summed E-state index contributed by atoms with van der Waals surface area (Å²) < 4.78 is 0. The summed E-state index contributed by atoms with van der Waals surface area (Å²) in [6, 6.07) is 7.45. The largest absolute Gasteiger partial charge is 0.346 e. The molecule has 2 nitrogen and oxygen atoms in total. The third-order valence-corrected chi connectivity index (χ3v) is 2.36. The smallest absolute Gasteiger partial charge is 0.244 e. The minimum absolute atomic E-state index is 0.0400. The average Bonchev–Trinajstić information content (AvgIpc) is 2.16. The fourth-order valence-electron chi connectivity index (χ4n) is 1.38. The molecule has 0 radical (unpaired) electrons. The maximum Gasteiger partial charge on any atom is 0.244 e. The molecule has 0 fully saturated rings. The number of hydrogen-bond acceptors (Lipinski definition) is 1. The molecule has 0 spiro atoms. The van der Waals surface area contributed by atoms with E-state index in [0.29, 0.717) is 5.02 Å². The summed E-state index contributed by atoms with van der Waals surface area (Å²) in [5.74, 6) is -0.0764. The normalized spacial score (nSPS) is 11.8. The van der Waals surface area contributed by atoms with Crippen molar-refractivity contribution in [3.63, 3.8) is 0 Å². The highest BCUT2D eigenvalue weighted by Gasteiger charge is 2.07. The van der Waals surface area contributed by atoms with E-state index in [0.717, 1.165) is 11.1 Å². The van der Waals surface area contributed by atoms with Gasteiger partial charge in [-0.15, -0.1) is 0 Å². The van der Waals surface area contributed by atoms with E-state index in [1.807, 2.05) is 45.0 Å². The fourth-order valence-corrected chi connectivity index (χ4v) is 1.58. The molecule has 16 heavy (non-hydrogen) atoms. The fraction of sp³-hybridized carbons (Fsp3) is 0.308. The minimum Gasteiger partial charge on any atom is -0.346 e. The molecule has 0 heterocycles. The third kappa shape index (κ3) is 4.07. The molecule has 0 aliphatic rings. The molecule has 3 heteroatoms. The van der Waals surface area contributed by atoms with Crippen LogP contribution in [0.5, 0.6) is 0 Å². The number of benzene rings is 1. The van der Waals surface area contributed by atoms with Crippen LogP contribution in [-0.4, -0.2) is 5.91 Å². The van der Waals surface area contributed by atoms with Gasteiger partial charge in [0.2, 0.25) is 5.91 Å². The Morgan fingerprint density at radius 3 is 2.69 bits per heavy atom. The number of nitrogens with one attached hydrogen (secondary N) is 1. The van der Waals surface area contributed by atoms with Gasteiger partial charge < -0.3 is 5.32 Å². The predicted octanol–water partition coefficient (Wildman–Crippen LogP) is 3.48. The Hall–Kier alpha value is -1.28. The van der Waals surface area contributed by atoms with E-state index in [1.54, 1.807) is 6.08 Å². The van der Waals surface area contributed by atoms with Crippen molar-refractivity contribution in [2.75, 3.05) is 0 Å². The molecule has 1 unspecified atom stereocenters. The summed E-state index contributed by atoms with van der Waals surface area (Å²) in [4.78, 5) is 11.5. The van der Waals surface area contributed by atoms with Gasteiger partial charge in [-0.2, -0.15) is 0 Å². The van der Waals surface area contributed by atoms with Gasteiger partial charge in [0.1, 0.15) is 0 Å². The number of halogens is 1. The highest BCUT2D eigenvalue weighted by molar-refractivity contribution is 6.30. The van der Waals surface area contributed by atoms with Gasteiger partial charge in [-0.25, -0.2) is 0 Å². The first-order chi connectivity index (χ1) is 7.49. The van der Waals surface area contributed by atoms with Gasteiger partial charge in [0, 0.05) is 11.1 Å². The van der Waals surface area contributed by atoms with Crippen molar-refractivity contribution < 1.29 is 4.79 Å². The summed E-state index contributed by atoms with van der Waals surface area (Å²) in [6.07, 6.45) is 1.58. The van der Waals surface area contributed by atoms with E-state index in [9.17, 15) is 4.79 Å². The molecule has 1 rings (SSSR count). The standard InChI is InChI=1S/C13H16ClNO/c1-9(2)7-13(16)15-10(3)11-5-4-6-12(14)8-11/h4-8,10H,1-3H3,(H,15,16). The molecule has 1 aromatic carbocycles. The summed E-state index contributed by atoms with van der Waals surface area (Å²) in [5.41, 5.74) is 1.99. The quantitative estimate of drug-likeness (QED) is 0.802. The van der Waals surface area contributed by atoms with Crippen LogP contribution in [0.4, 0.5) is 0 Å². The zero-order valence-electron chi connectivity index (χ0n) is 9.75. The Morgan fingerprint density at radius 1 is 1.44 bits per heavy atom. The highest BCUT2D eigenvalue weighted by atomic mass is 35.5. The zero-order valence-corrected chi connectivity index (χ0v) is 10.5. The molecule has 0 bridgehead atoms. The van der Waals surface area contributed by atoms with Crippen molar-refractivity contribution in [1.29, 1.82) is 0 Å². The summed E-state index contributed by atoms with van der Waals surface area (Å²) in [5, 5.41) is 3.56. The molecular weight excluding hydrogens is 222 g/mol. The number of rotatable bonds is 3. The lowest BCUT2D eigenvalue weighted by atomic mass is 10.1. The molecule has 0 saturated heterocycles. The van der Waals surface area contributed by atoms with Crippen molar-refractivity contribution in [1.82, 2.24) is 5.32 Å². The van der Waals surface area contributed by atoms with Crippen LogP contribution in [0.15, 0.2) is 35.9 Å². The lowest BCUT2D eigenvalue weighted by Gasteiger charge is -2.13. The van der Waals surface area contributed by atoms with Crippen LogP contribution in [0.2, 0.25) is 5.02 Å². The SMILES string of the molecule is CC(C)=CC(=O)NC(C)c1cccc(Cl)c1. The van der Waals surface area contributed by atoms with Gasteiger partial charge in [0.15, 0.2) is 0 Å². The van der Waals surface area contributed by atoms with E-state index in [1.165, 1.54) is 0 Å². The Bertz CT molecular complexity index is 408. The van der Waals surface area contributed by atoms with Crippen LogP contribution in [0.25, 0.3) is 0 Å². The van der Waals surface area contributed by atoms with Crippen LogP contribution in [-0.2, 0) is 4.79 Å². The van der Waals surface area contributed by atoms with Gasteiger partial charge in [-0.1, -0.05) is 29.3 Å². The molecule has 0 aromatic heterocycles. The minimum atomic E-state index is -0.0764. The molecular formula is C13H16ClNO. The molecule has 1 N–H and O–H groups in total. The lowest BCUT2D eigenvalue weighted by molar-refractivity contribution is -0.117. The average molecular weight is 238 g/mol. The van der Waals surface area contributed by atoms with Crippen molar-refractivity contribution in [2.24, 2.45) is 0 Å². The van der Waals surface area contributed by atoms with Crippen LogP contribution in [0, 0.1) is 0 Å². The summed E-state index contributed by atoms with van der Waals surface area (Å²) >= 11 is 5.89. The van der Waals surface area contributed by atoms with E-state index in [-0.39, 0.29) is 11.9 Å². The highest BCUT2D eigenvalue weighted by Crippen LogP contribution is 2.17. The predicted molar refractivity (Wildman–Crippen MR) is 67.4 cm³/mol. The Kier molecular flexibility index (Phi) is 4.56. The second kappa shape index (κ2) is 5.71. The van der Waals surface area contributed by atoms with Crippen molar-refractivity contribution in [3.8, 4) is 0 Å². The van der Waals surface area contributed by atoms with E-state index in [4.69, 9.17) is 11.6 Å². The number of hydrogen-bond donors (Lipinski definition) is 1. The maximum absolute atomic E-state index is 11.5. The van der Waals surface area contributed by atoms with Crippen LogP contribution in [0.1, 0.15) is 32.4 Å². The summed E-state index contributed by atoms with van der Waals surface area (Å²) in [7, 11) is 0. The molecule has 1 amide bonds. The van der Waals surface area contributed by atoms with Gasteiger partial charge in [-0.05, 0) is 38.5 Å². The lowest BCUT2D eigenvalue weighted by Crippen LogP contribution is -2.24. The summed E-state index contributed by atoms with van der Waals surface area (Å²) in [6.45, 7) is 5.72. The number of carbonyl (C=O) groups excluding carboxylic acids is 1. The molecule has 0 saturated carbocycles. The Morgan fingerprint density at radius 2 is 2.12 bits per heavy atom. The van der Waals surface area contributed by atoms with Crippen LogP contribution in [0.3, 0.4) is 0 Å². The van der Waals surface area contributed by atoms with Crippen LogP contribution < -0.4 is 5.32 Å². The van der Waals surface area contributed by atoms with E-state index in [2.05, 4.69) is 5.32 Å². The molecule has 1 atom stereocenters. The monoisotopic (exact) mass is 237 g/mol. The van der Waals surface area contributed by atoms with Gasteiger partial charge in [-0.3, -0.25) is 4.79 Å². The number of carbonyl (C=O) groups is 1. The molecule has 86 valence electrons. The van der Waals surface area contributed by atoms with Crippen molar-refractivity contribution in [2.45, 2.75) is 26.8 Å². The first-order valence-corrected chi connectivity index (χ1v) is 5.57. The van der Waals surface area contributed by atoms with E-state index >= 15 is 0 Å². The Balaban J connectivity index is 2.69. The number of amides is 1. The Labute approximate surface area is 101 Å². The third-order valence-electron chi connectivity index (χ3n) is 2.13. The maximum atomic E-state index is 11.5. The first kappa shape index (κ1) is 12.8. The molecule has 1 aromatic rings. The van der Waals surface area contributed by atoms with Gasteiger partial charge >= 0.3 is 0 Å². The topological polar surface area (TPSA) is 29.1 Å². The first-order valence-electron chi connectivity index (χ1n) is 5.20. The zero-order chi connectivity index (χ0) is 12.1. The van der Waals surface area contributed by atoms with Crippen molar-refractivity contribution in [3.05, 3.63) is 46.5 Å². The second-order valence-electron chi connectivity index (χ2n) is 4.01. The van der Waals surface area contributed by atoms with Crippen LogP contribution >= 0.6 is 11.6 Å². The number of allylic oxidation sites excluding steroid dienone is 1. The van der Waals surface area contributed by atoms with Crippen molar-refractivity contribution >= 4 is 17.5 Å². The van der Waals surface area contributed by atoms with Gasteiger partial charge in [0.05, 0.1) is 6.04 Å². The molecule has 0 aliphatic heterocycles. The molecule has 0 aliphatic carbocycles.